The summed E-state index contributed by atoms with van der Waals surface area (Å²) in [6, 6.07) is 32.8. The van der Waals surface area contributed by atoms with Crippen LogP contribution in [0, 0.1) is 0 Å². The van der Waals surface area contributed by atoms with Crippen molar-refractivity contribution in [2.75, 3.05) is 12.5 Å². The zero-order valence-electron chi connectivity index (χ0n) is 13.0. The standard InChI is InChI=1S/C19H19P.CH3Br/c1-20(17-11-5-2-6-12-17,18-13-7-3-8-14-18)19-15-9-4-10-16-19;1-2/h2-16,20H,1H3;1H3. The van der Waals surface area contributed by atoms with Crippen LogP contribution in [0.25, 0.3) is 0 Å². The van der Waals surface area contributed by atoms with Gasteiger partial charge in [-0.1, -0.05) is 15.9 Å². The predicted octanol–water partition coefficient (Wildman–Crippen LogP) is 4.35. The second-order valence-electron chi connectivity index (χ2n) is 5.22. The second-order valence-corrected chi connectivity index (χ2v) is 9.21. The van der Waals surface area contributed by atoms with E-state index in [1.807, 2.05) is 5.83 Å². The van der Waals surface area contributed by atoms with Crippen LogP contribution in [0.1, 0.15) is 0 Å². The number of benzene rings is 3. The van der Waals surface area contributed by atoms with Crippen molar-refractivity contribution in [3.8, 4) is 0 Å². The summed E-state index contributed by atoms with van der Waals surface area (Å²) >= 11 is 2.94. The van der Waals surface area contributed by atoms with Crippen molar-refractivity contribution in [1.82, 2.24) is 0 Å². The quantitative estimate of drug-likeness (QED) is 0.473. The minimum atomic E-state index is -1.88. The summed E-state index contributed by atoms with van der Waals surface area (Å²) in [5, 5.41) is 4.37. The maximum absolute atomic E-state index is 2.94. The Morgan fingerprint density at radius 3 is 0.955 bits per heavy atom. The first kappa shape index (κ1) is 16.9. The average molecular weight is 373 g/mol. The van der Waals surface area contributed by atoms with Crippen LogP contribution in [0.2, 0.25) is 0 Å². The molecule has 3 aromatic rings. The van der Waals surface area contributed by atoms with Crippen LogP contribution >= 0.6 is 23.2 Å². The Morgan fingerprint density at radius 1 is 0.500 bits per heavy atom. The molecule has 0 unspecified atom stereocenters. The molecule has 3 aromatic carbocycles. The molecule has 0 amide bonds. The van der Waals surface area contributed by atoms with Crippen molar-refractivity contribution in [2.24, 2.45) is 0 Å². The zero-order chi connectivity index (χ0) is 15.8. The Hall–Kier alpha value is -1.43. The fourth-order valence-corrected chi connectivity index (χ4v) is 6.39. The van der Waals surface area contributed by atoms with E-state index in [4.69, 9.17) is 0 Å². The topological polar surface area (TPSA) is 0 Å². The molecule has 3 rings (SSSR count). The summed E-state index contributed by atoms with van der Waals surface area (Å²) in [6.07, 6.45) is 0. The van der Waals surface area contributed by atoms with Gasteiger partial charge in [-0.05, 0) is 5.83 Å². The third kappa shape index (κ3) is 3.48. The van der Waals surface area contributed by atoms with Gasteiger partial charge in [0.2, 0.25) is 0 Å². The number of hydrogen-bond donors (Lipinski definition) is 0. The Balaban J connectivity index is 0.000000847. The van der Waals surface area contributed by atoms with E-state index in [9.17, 15) is 0 Å². The van der Waals surface area contributed by atoms with E-state index in [2.05, 4.69) is 114 Å². The van der Waals surface area contributed by atoms with Crippen LogP contribution < -0.4 is 15.9 Å². The van der Waals surface area contributed by atoms with Crippen LogP contribution in [-0.2, 0) is 0 Å². The van der Waals surface area contributed by atoms with Crippen molar-refractivity contribution in [3.05, 3.63) is 91.0 Å². The first-order chi connectivity index (χ1) is 10.8. The van der Waals surface area contributed by atoms with Crippen molar-refractivity contribution in [2.45, 2.75) is 0 Å². The molecule has 0 spiro atoms. The van der Waals surface area contributed by atoms with Gasteiger partial charge in [-0.25, -0.2) is 0 Å². The molecule has 0 heterocycles. The predicted molar refractivity (Wildman–Crippen MR) is 107 cm³/mol. The van der Waals surface area contributed by atoms with E-state index in [1.54, 1.807) is 0 Å². The van der Waals surface area contributed by atoms with Crippen molar-refractivity contribution < 1.29 is 0 Å². The molecule has 0 atom stereocenters. The van der Waals surface area contributed by atoms with Gasteiger partial charge < -0.3 is 0 Å². The van der Waals surface area contributed by atoms with Crippen molar-refractivity contribution in [1.29, 1.82) is 0 Å². The summed E-state index contributed by atoms with van der Waals surface area (Å²) in [5.41, 5.74) is 0. The van der Waals surface area contributed by atoms with E-state index >= 15 is 0 Å². The molecule has 0 aliphatic carbocycles. The van der Waals surface area contributed by atoms with E-state index < -0.39 is 7.26 Å². The molecule has 0 bridgehead atoms. The Labute approximate surface area is 142 Å². The summed E-state index contributed by atoms with van der Waals surface area (Å²) < 4.78 is 0. The van der Waals surface area contributed by atoms with E-state index in [1.165, 1.54) is 15.9 Å². The normalized spacial score (nSPS) is 11.2. The van der Waals surface area contributed by atoms with Crippen molar-refractivity contribution in [3.63, 3.8) is 0 Å². The van der Waals surface area contributed by atoms with E-state index in [-0.39, 0.29) is 0 Å². The molecule has 0 saturated heterocycles. The van der Waals surface area contributed by atoms with Crippen LogP contribution in [0.4, 0.5) is 0 Å². The molecule has 2 heteroatoms. The maximum atomic E-state index is 2.94. The fourth-order valence-electron chi connectivity index (χ4n) is 2.81. The first-order valence-electron chi connectivity index (χ1n) is 7.36. The second kappa shape index (κ2) is 8.27. The van der Waals surface area contributed by atoms with Gasteiger partial charge in [0.25, 0.3) is 0 Å². The molecule has 0 nitrogen and oxygen atoms in total. The van der Waals surface area contributed by atoms with E-state index in [0.717, 1.165) is 0 Å². The van der Waals surface area contributed by atoms with Gasteiger partial charge in [0.15, 0.2) is 0 Å². The molecule has 0 saturated carbocycles. The minimum absolute atomic E-state index is 1.46. The Bertz CT molecular complexity index is 569. The zero-order valence-corrected chi connectivity index (χ0v) is 15.6. The summed E-state index contributed by atoms with van der Waals surface area (Å²) in [7, 11) is -1.88. The van der Waals surface area contributed by atoms with Crippen LogP contribution in [0.5, 0.6) is 0 Å². The molecule has 22 heavy (non-hydrogen) atoms. The van der Waals surface area contributed by atoms with Gasteiger partial charge in [-0.3, -0.25) is 0 Å². The fraction of sp³-hybridized carbons (Fsp3) is 0.100. The average Bonchev–Trinajstić information content (AvgIpc) is 2.65. The molecule has 0 aliphatic rings. The summed E-state index contributed by atoms with van der Waals surface area (Å²) in [4.78, 5) is 0. The molecule has 0 fully saturated rings. The monoisotopic (exact) mass is 372 g/mol. The third-order valence-corrected chi connectivity index (χ3v) is 8.52. The molecular formula is C20H22BrP. The van der Waals surface area contributed by atoms with Crippen LogP contribution in [-0.4, -0.2) is 12.5 Å². The summed E-state index contributed by atoms with van der Waals surface area (Å²) in [5.74, 6) is 1.81. The number of rotatable bonds is 3. The van der Waals surface area contributed by atoms with E-state index in [0.29, 0.717) is 0 Å². The van der Waals surface area contributed by atoms with Crippen LogP contribution in [0.15, 0.2) is 91.0 Å². The van der Waals surface area contributed by atoms with Gasteiger partial charge in [0.05, 0.1) is 0 Å². The Kier molecular flexibility index (Phi) is 6.36. The van der Waals surface area contributed by atoms with Crippen LogP contribution in [0.3, 0.4) is 0 Å². The van der Waals surface area contributed by atoms with Gasteiger partial charge in [-0.15, -0.1) is 0 Å². The van der Waals surface area contributed by atoms with Gasteiger partial charge in [-0.2, -0.15) is 0 Å². The van der Waals surface area contributed by atoms with Crippen molar-refractivity contribution >= 4 is 39.1 Å². The van der Waals surface area contributed by atoms with Gasteiger partial charge >= 0.3 is 121 Å². The van der Waals surface area contributed by atoms with Gasteiger partial charge in [0, 0.05) is 0 Å². The molecule has 0 N–H and O–H groups in total. The number of alkyl halides is 1. The molecule has 0 radical (unpaired) electrons. The molecule has 0 aromatic heterocycles. The SMILES string of the molecule is CBr.C[PH](c1ccccc1)(c1ccccc1)c1ccccc1. The first-order valence-corrected chi connectivity index (χ1v) is 11.4. The van der Waals surface area contributed by atoms with Gasteiger partial charge in [0.1, 0.15) is 0 Å². The third-order valence-electron chi connectivity index (χ3n) is 4.05. The Morgan fingerprint density at radius 2 is 0.727 bits per heavy atom. The molecular weight excluding hydrogens is 351 g/mol. The molecule has 114 valence electrons. The number of halogens is 1. The summed E-state index contributed by atoms with van der Waals surface area (Å²) in [6.45, 7) is 2.44. The molecule has 0 aliphatic heterocycles. The number of hydrogen-bond acceptors (Lipinski definition) is 0.